The molecule has 0 aromatic heterocycles. The van der Waals surface area contributed by atoms with Crippen molar-refractivity contribution in [2.45, 2.75) is 23.7 Å². The summed E-state index contributed by atoms with van der Waals surface area (Å²) in [6.07, 6.45) is 1.14. The lowest BCUT2D eigenvalue weighted by Gasteiger charge is -2.32. The van der Waals surface area contributed by atoms with Gasteiger partial charge in [0.15, 0.2) is 0 Å². The summed E-state index contributed by atoms with van der Waals surface area (Å²) in [5, 5.41) is 9.00. The Bertz CT molecular complexity index is 538. The summed E-state index contributed by atoms with van der Waals surface area (Å²) in [6.45, 7) is 1.14. The number of amides is 1. The van der Waals surface area contributed by atoms with Gasteiger partial charge in [-0.25, -0.2) is 0 Å². The zero-order chi connectivity index (χ0) is 14.1. The van der Waals surface area contributed by atoms with E-state index in [9.17, 15) is 9.59 Å². The second kappa shape index (κ2) is 5.48. The van der Waals surface area contributed by atoms with E-state index in [0.717, 1.165) is 11.3 Å². The second-order valence-corrected chi connectivity index (χ2v) is 6.40. The summed E-state index contributed by atoms with van der Waals surface area (Å²) >= 11 is 1.73. The Morgan fingerprint density at radius 2 is 1.90 bits per heavy atom. The van der Waals surface area contributed by atoms with Gasteiger partial charge in [0.25, 0.3) is 0 Å². The van der Waals surface area contributed by atoms with E-state index in [1.165, 1.54) is 4.90 Å². The Morgan fingerprint density at radius 3 is 2.60 bits per heavy atom. The molecule has 0 unspecified atom stereocenters. The van der Waals surface area contributed by atoms with Crippen LogP contribution in [0.2, 0.25) is 0 Å². The highest BCUT2D eigenvalue weighted by Crippen LogP contribution is 2.40. The van der Waals surface area contributed by atoms with E-state index in [0.29, 0.717) is 25.9 Å². The maximum absolute atomic E-state index is 12.6. The van der Waals surface area contributed by atoms with Crippen LogP contribution >= 0.6 is 11.8 Å². The molecule has 0 spiro atoms. The summed E-state index contributed by atoms with van der Waals surface area (Å²) < 4.78 is 0. The van der Waals surface area contributed by atoms with Crippen LogP contribution in [0.3, 0.4) is 0 Å². The number of benzene rings is 1. The third-order valence-corrected chi connectivity index (χ3v) is 5.34. The molecule has 1 fully saturated rings. The monoisotopic (exact) mass is 291 g/mol. The number of hydrogen-bond donors (Lipinski definition) is 1. The van der Waals surface area contributed by atoms with Gasteiger partial charge < -0.3 is 10.0 Å². The number of carbonyl (C=O) groups excluding carboxylic acids is 1. The number of hydrogen-bond acceptors (Lipinski definition) is 3. The number of nitrogens with zero attached hydrogens (tertiary/aromatic N) is 1. The van der Waals surface area contributed by atoms with Crippen LogP contribution in [-0.4, -0.2) is 40.7 Å². The van der Waals surface area contributed by atoms with Crippen LogP contribution in [-0.2, 0) is 9.59 Å². The molecule has 1 amide bonds. The molecule has 1 atom stereocenters. The highest BCUT2D eigenvalue weighted by Gasteiger charge is 2.34. The molecular formula is C15H17NO3S. The van der Waals surface area contributed by atoms with Gasteiger partial charge in [0, 0.05) is 23.7 Å². The quantitative estimate of drug-likeness (QED) is 0.907. The summed E-state index contributed by atoms with van der Waals surface area (Å²) in [5.41, 5.74) is 1.13. The van der Waals surface area contributed by atoms with Gasteiger partial charge in [-0.15, -0.1) is 11.8 Å². The minimum atomic E-state index is -0.737. The standard InChI is InChI=1S/C15H17NO3S/c17-14(16-7-5-10(6-8-16)15(18)19)12-9-20-13-4-2-1-3-11(12)13/h1-4,10,12H,5-9H2,(H,18,19)/t12-/m0/s1. The average molecular weight is 291 g/mol. The lowest BCUT2D eigenvalue weighted by Crippen LogP contribution is -2.42. The summed E-state index contributed by atoms with van der Waals surface area (Å²) in [6, 6.07) is 8.06. The van der Waals surface area contributed by atoms with E-state index in [4.69, 9.17) is 5.11 Å². The fourth-order valence-electron chi connectivity index (χ4n) is 2.93. The number of carboxylic acids is 1. The number of piperidine rings is 1. The fourth-order valence-corrected chi connectivity index (χ4v) is 4.15. The van der Waals surface area contributed by atoms with E-state index < -0.39 is 5.97 Å². The van der Waals surface area contributed by atoms with Gasteiger partial charge in [-0.2, -0.15) is 0 Å². The van der Waals surface area contributed by atoms with Crippen molar-refractivity contribution in [1.82, 2.24) is 4.90 Å². The van der Waals surface area contributed by atoms with E-state index in [1.54, 1.807) is 11.8 Å². The van der Waals surface area contributed by atoms with Crippen LogP contribution in [0.25, 0.3) is 0 Å². The Hall–Kier alpha value is -1.49. The van der Waals surface area contributed by atoms with Gasteiger partial charge in [0.2, 0.25) is 5.91 Å². The first-order chi connectivity index (χ1) is 9.66. The van der Waals surface area contributed by atoms with E-state index >= 15 is 0 Å². The summed E-state index contributed by atoms with van der Waals surface area (Å²) in [5.74, 6) is -0.121. The van der Waals surface area contributed by atoms with Gasteiger partial charge in [-0.05, 0) is 24.5 Å². The number of likely N-dealkylation sites (tertiary alicyclic amines) is 1. The second-order valence-electron chi connectivity index (χ2n) is 5.34. The normalized spacial score (nSPS) is 22.6. The number of carbonyl (C=O) groups is 2. The first-order valence-corrected chi connectivity index (χ1v) is 7.88. The number of thioether (sulfide) groups is 1. The van der Waals surface area contributed by atoms with Crippen molar-refractivity contribution in [3.63, 3.8) is 0 Å². The van der Waals surface area contributed by atoms with Crippen LogP contribution in [0.5, 0.6) is 0 Å². The summed E-state index contributed by atoms with van der Waals surface area (Å²) in [7, 11) is 0. The Balaban J connectivity index is 1.68. The molecule has 3 rings (SSSR count). The van der Waals surface area contributed by atoms with Gasteiger partial charge in [-0.1, -0.05) is 18.2 Å². The van der Waals surface area contributed by atoms with Crippen LogP contribution in [0, 0.1) is 5.92 Å². The fraction of sp³-hybridized carbons (Fsp3) is 0.467. The predicted octanol–water partition coefficient (Wildman–Crippen LogP) is 2.20. The predicted molar refractivity (Wildman–Crippen MR) is 76.8 cm³/mol. The molecule has 2 aliphatic rings. The lowest BCUT2D eigenvalue weighted by atomic mass is 9.94. The van der Waals surface area contributed by atoms with E-state index in [1.807, 2.05) is 23.1 Å². The minimum Gasteiger partial charge on any atom is -0.481 e. The maximum atomic E-state index is 12.6. The molecule has 0 saturated carbocycles. The minimum absolute atomic E-state index is 0.0578. The zero-order valence-corrected chi connectivity index (χ0v) is 11.9. The molecule has 1 aromatic rings. The van der Waals surface area contributed by atoms with Crippen molar-refractivity contribution in [2.75, 3.05) is 18.8 Å². The van der Waals surface area contributed by atoms with Crippen molar-refractivity contribution in [2.24, 2.45) is 5.92 Å². The molecule has 106 valence electrons. The van der Waals surface area contributed by atoms with Gasteiger partial charge in [0.05, 0.1) is 11.8 Å². The van der Waals surface area contributed by atoms with Crippen LogP contribution < -0.4 is 0 Å². The van der Waals surface area contributed by atoms with Crippen molar-refractivity contribution in [3.8, 4) is 0 Å². The largest absolute Gasteiger partial charge is 0.481 e. The third kappa shape index (κ3) is 2.42. The first-order valence-electron chi connectivity index (χ1n) is 6.90. The van der Waals surface area contributed by atoms with Crippen molar-refractivity contribution in [1.29, 1.82) is 0 Å². The summed E-state index contributed by atoms with van der Waals surface area (Å²) in [4.78, 5) is 26.6. The lowest BCUT2D eigenvalue weighted by molar-refractivity contribution is -0.145. The molecular weight excluding hydrogens is 274 g/mol. The van der Waals surface area contributed by atoms with E-state index in [2.05, 4.69) is 6.07 Å². The molecule has 20 heavy (non-hydrogen) atoms. The molecule has 2 heterocycles. The van der Waals surface area contributed by atoms with Gasteiger partial charge >= 0.3 is 5.97 Å². The van der Waals surface area contributed by atoms with Crippen LogP contribution in [0.1, 0.15) is 24.3 Å². The smallest absolute Gasteiger partial charge is 0.306 e. The van der Waals surface area contributed by atoms with Crippen molar-refractivity contribution < 1.29 is 14.7 Å². The van der Waals surface area contributed by atoms with Crippen LogP contribution in [0.4, 0.5) is 0 Å². The Labute approximate surface area is 122 Å². The first kappa shape index (κ1) is 13.5. The molecule has 2 aliphatic heterocycles. The number of fused-ring (bicyclic) bond motifs is 1. The number of rotatable bonds is 2. The van der Waals surface area contributed by atoms with E-state index in [-0.39, 0.29) is 17.7 Å². The average Bonchev–Trinajstić information content (AvgIpc) is 2.90. The van der Waals surface area contributed by atoms with Crippen LogP contribution in [0.15, 0.2) is 29.2 Å². The SMILES string of the molecule is O=C(O)C1CCN(C(=O)[C@H]2CSc3ccccc32)CC1. The molecule has 1 N–H and O–H groups in total. The number of aliphatic carboxylic acids is 1. The molecule has 4 nitrogen and oxygen atoms in total. The highest BCUT2D eigenvalue weighted by atomic mass is 32.2. The number of carboxylic acid groups (broad SMARTS) is 1. The molecule has 0 aliphatic carbocycles. The molecule has 0 radical (unpaired) electrons. The zero-order valence-electron chi connectivity index (χ0n) is 11.1. The maximum Gasteiger partial charge on any atom is 0.306 e. The molecule has 5 heteroatoms. The third-order valence-electron chi connectivity index (χ3n) is 4.15. The Morgan fingerprint density at radius 1 is 1.20 bits per heavy atom. The topological polar surface area (TPSA) is 57.6 Å². The van der Waals surface area contributed by atoms with Crippen molar-refractivity contribution >= 4 is 23.6 Å². The van der Waals surface area contributed by atoms with Gasteiger partial charge in [0.1, 0.15) is 0 Å². The van der Waals surface area contributed by atoms with Gasteiger partial charge in [-0.3, -0.25) is 9.59 Å². The van der Waals surface area contributed by atoms with Crippen molar-refractivity contribution in [3.05, 3.63) is 29.8 Å². The molecule has 1 aromatic carbocycles. The highest BCUT2D eigenvalue weighted by molar-refractivity contribution is 7.99. The molecule has 1 saturated heterocycles. The molecule has 0 bridgehead atoms. The Kier molecular flexibility index (Phi) is 3.70.